The van der Waals surface area contributed by atoms with Crippen LogP contribution in [-0.2, 0) is 11.3 Å². The molecule has 0 radical (unpaired) electrons. The number of amidine groups is 1. The number of hydrogen-bond donors (Lipinski definition) is 2. The number of nitrogens with zero attached hydrogens (tertiary/aromatic N) is 2. The Morgan fingerprint density at radius 1 is 1.56 bits per heavy atom. The van der Waals surface area contributed by atoms with Gasteiger partial charge >= 0.3 is 0 Å². The molecule has 3 N–H and O–H groups in total. The number of rotatable bonds is 4. The van der Waals surface area contributed by atoms with Gasteiger partial charge in [0.15, 0.2) is 5.84 Å². The van der Waals surface area contributed by atoms with E-state index >= 15 is 0 Å². The van der Waals surface area contributed by atoms with Gasteiger partial charge in [-0.1, -0.05) is 5.16 Å². The lowest BCUT2D eigenvalue weighted by molar-refractivity contribution is -0.00713. The normalized spacial score (nSPS) is 12.7. The molecule has 0 aliphatic carbocycles. The van der Waals surface area contributed by atoms with Crippen molar-refractivity contribution >= 4 is 5.84 Å². The maximum absolute atomic E-state index is 12.0. The average molecular weight is 253 g/mol. The number of ether oxygens (including phenoxy) is 1. The highest BCUT2D eigenvalue weighted by molar-refractivity contribution is 5.96. The van der Waals surface area contributed by atoms with Crippen LogP contribution in [0.3, 0.4) is 0 Å². The first-order chi connectivity index (χ1) is 8.35. The minimum atomic E-state index is -0.301. The van der Waals surface area contributed by atoms with Crippen molar-refractivity contribution in [2.24, 2.45) is 10.9 Å². The molecular formula is C12H19N3O3. The first-order valence-corrected chi connectivity index (χ1v) is 5.66. The van der Waals surface area contributed by atoms with Gasteiger partial charge in [-0.05, 0) is 32.9 Å². The highest BCUT2D eigenvalue weighted by Gasteiger charge is 2.11. The second-order valence-electron chi connectivity index (χ2n) is 4.87. The van der Waals surface area contributed by atoms with Crippen molar-refractivity contribution in [3.05, 3.63) is 34.2 Å². The van der Waals surface area contributed by atoms with E-state index in [0.717, 1.165) is 0 Å². The second kappa shape index (κ2) is 5.68. The van der Waals surface area contributed by atoms with E-state index in [9.17, 15) is 4.79 Å². The molecule has 1 aromatic rings. The fourth-order valence-electron chi connectivity index (χ4n) is 1.41. The van der Waals surface area contributed by atoms with Crippen molar-refractivity contribution in [2.75, 3.05) is 6.61 Å². The van der Waals surface area contributed by atoms with Gasteiger partial charge < -0.3 is 20.2 Å². The Morgan fingerprint density at radius 2 is 2.22 bits per heavy atom. The van der Waals surface area contributed by atoms with Crippen LogP contribution in [0.1, 0.15) is 26.3 Å². The molecule has 0 spiro atoms. The van der Waals surface area contributed by atoms with E-state index in [1.54, 1.807) is 12.3 Å². The Morgan fingerprint density at radius 3 is 2.78 bits per heavy atom. The molecule has 0 atom stereocenters. The summed E-state index contributed by atoms with van der Waals surface area (Å²) in [6.45, 7) is 6.68. The van der Waals surface area contributed by atoms with Crippen LogP contribution < -0.4 is 11.3 Å². The van der Waals surface area contributed by atoms with Crippen LogP contribution in [0.5, 0.6) is 0 Å². The first kappa shape index (κ1) is 14.2. The smallest absolute Gasteiger partial charge is 0.261 e. The molecule has 1 rings (SSSR count). The third-order valence-corrected chi connectivity index (χ3v) is 2.27. The standard InChI is InChI=1S/C12H19N3O3/c1-12(2,3)18-8-7-15-6-4-5-9(11(15)16)10(13)14-17/h4-6,17H,7-8H2,1-3H3,(H2,13,14). The van der Waals surface area contributed by atoms with E-state index in [0.29, 0.717) is 13.2 Å². The highest BCUT2D eigenvalue weighted by Crippen LogP contribution is 2.06. The van der Waals surface area contributed by atoms with Gasteiger partial charge in [0.05, 0.1) is 17.8 Å². The minimum Gasteiger partial charge on any atom is -0.409 e. The molecule has 0 bridgehead atoms. The van der Waals surface area contributed by atoms with E-state index < -0.39 is 0 Å². The number of pyridine rings is 1. The van der Waals surface area contributed by atoms with Crippen LogP contribution in [0.25, 0.3) is 0 Å². The summed E-state index contributed by atoms with van der Waals surface area (Å²) in [4.78, 5) is 12.0. The van der Waals surface area contributed by atoms with Crippen LogP contribution in [0.2, 0.25) is 0 Å². The monoisotopic (exact) mass is 253 g/mol. The molecule has 0 saturated carbocycles. The largest absolute Gasteiger partial charge is 0.409 e. The van der Waals surface area contributed by atoms with E-state index in [2.05, 4.69) is 5.16 Å². The van der Waals surface area contributed by atoms with Gasteiger partial charge in [-0.25, -0.2) is 0 Å². The number of oxime groups is 1. The zero-order chi connectivity index (χ0) is 13.8. The lowest BCUT2D eigenvalue weighted by atomic mass is 10.2. The molecule has 6 heteroatoms. The lowest BCUT2D eigenvalue weighted by Crippen LogP contribution is -2.31. The summed E-state index contributed by atoms with van der Waals surface area (Å²) >= 11 is 0. The molecule has 1 aromatic heterocycles. The van der Waals surface area contributed by atoms with Crippen molar-refractivity contribution in [2.45, 2.75) is 32.9 Å². The highest BCUT2D eigenvalue weighted by atomic mass is 16.5. The molecule has 0 unspecified atom stereocenters. The Bertz CT molecular complexity index is 486. The molecule has 0 amide bonds. The zero-order valence-electron chi connectivity index (χ0n) is 10.9. The summed E-state index contributed by atoms with van der Waals surface area (Å²) < 4.78 is 7.02. The van der Waals surface area contributed by atoms with E-state index in [-0.39, 0.29) is 22.6 Å². The van der Waals surface area contributed by atoms with Crippen molar-refractivity contribution in [3.63, 3.8) is 0 Å². The maximum atomic E-state index is 12.0. The minimum absolute atomic E-state index is 0.177. The quantitative estimate of drug-likeness (QED) is 0.359. The summed E-state index contributed by atoms with van der Waals surface area (Å²) in [5.74, 6) is -0.189. The molecule has 18 heavy (non-hydrogen) atoms. The Balaban J connectivity index is 2.83. The third-order valence-electron chi connectivity index (χ3n) is 2.27. The van der Waals surface area contributed by atoms with E-state index in [1.807, 2.05) is 20.8 Å². The fraction of sp³-hybridized carbons (Fsp3) is 0.500. The van der Waals surface area contributed by atoms with Gasteiger partial charge in [0.25, 0.3) is 5.56 Å². The van der Waals surface area contributed by atoms with Crippen molar-refractivity contribution in [3.8, 4) is 0 Å². The van der Waals surface area contributed by atoms with Gasteiger partial charge in [0.2, 0.25) is 0 Å². The molecule has 6 nitrogen and oxygen atoms in total. The van der Waals surface area contributed by atoms with Gasteiger partial charge in [0.1, 0.15) is 0 Å². The summed E-state index contributed by atoms with van der Waals surface area (Å²) in [6.07, 6.45) is 1.64. The summed E-state index contributed by atoms with van der Waals surface area (Å²) in [5, 5.41) is 11.4. The fourth-order valence-corrected chi connectivity index (χ4v) is 1.41. The molecule has 0 aliphatic rings. The van der Waals surface area contributed by atoms with Crippen LogP contribution in [0.4, 0.5) is 0 Å². The average Bonchev–Trinajstić information content (AvgIpc) is 2.29. The Labute approximate surface area is 106 Å². The van der Waals surface area contributed by atoms with Crippen molar-refractivity contribution < 1.29 is 9.94 Å². The predicted molar refractivity (Wildman–Crippen MR) is 68.9 cm³/mol. The molecule has 100 valence electrons. The summed E-state index contributed by atoms with van der Waals surface area (Å²) in [6, 6.07) is 3.18. The Kier molecular flexibility index (Phi) is 4.49. The second-order valence-corrected chi connectivity index (χ2v) is 4.87. The van der Waals surface area contributed by atoms with E-state index in [4.69, 9.17) is 15.7 Å². The van der Waals surface area contributed by atoms with E-state index in [1.165, 1.54) is 10.6 Å². The SMILES string of the molecule is CC(C)(C)OCCn1cccc(/C(N)=N/O)c1=O. The molecule has 0 fully saturated rings. The molecule has 0 aromatic carbocycles. The van der Waals surface area contributed by atoms with Crippen LogP contribution in [0, 0.1) is 0 Å². The first-order valence-electron chi connectivity index (χ1n) is 5.66. The van der Waals surface area contributed by atoms with Crippen molar-refractivity contribution in [1.82, 2.24) is 4.57 Å². The van der Waals surface area contributed by atoms with Gasteiger partial charge in [-0.15, -0.1) is 0 Å². The van der Waals surface area contributed by atoms with Gasteiger partial charge in [0, 0.05) is 12.7 Å². The maximum Gasteiger partial charge on any atom is 0.261 e. The predicted octanol–water partition coefficient (Wildman–Crippen LogP) is 0.758. The van der Waals surface area contributed by atoms with Gasteiger partial charge in [-0.3, -0.25) is 4.79 Å². The lowest BCUT2D eigenvalue weighted by Gasteiger charge is -2.19. The number of nitrogens with two attached hydrogens (primary N) is 1. The number of aromatic nitrogens is 1. The molecule has 0 aliphatic heterocycles. The van der Waals surface area contributed by atoms with Crippen LogP contribution in [0.15, 0.2) is 28.3 Å². The Hall–Kier alpha value is -1.82. The summed E-state index contributed by atoms with van der Waals surface area (Å²) in [5.41, 5.74) is 5.05. The topological polar surface area (TPSA) is 89.8 Å². The van der Waals surface area contributed by atoms with Crippen molar-refractivity contribution in [1.29, 1.82) is 0 Å². The molecule has 1 heterocycles. The molecular weight excluding hydrogens is 234 g/mol. The molecule has 0 saturated heterocycles. The zero-order valence-corrected chi connectivity index (χ0v) is 10.9. The third kappa shape index (κ3) is 3.89. The van der Waals surface area contributed by atoms with Crippen LogP contribution in [-0.4, -0.2) is 27.8 Å². The number of hydrogen-bond acceptors (Lipinski definition) is 4. The van der Waals surface area contributed by atoms with Gasteiger partial charge in [-0.2, -0.15) is 0 Å². The summed E-state index contributed by atoms with van der Waals surface area (Å²) in [7, 11) is 0. The van der Waals surface area contributed by atoms with Crippen LogP contribution >= 0.6 is 0 Å².